The Morgan fingerprint density at radius 1 is 0.824 bits per heavy atom. The number of fused-ring (bicyclic) bond motifs is 1. The van der Waals surface area contributed by atoms with E-state index in [1.54, 1.807) is 16.8 Å². The highest BCUT2D eigenvalue weighted by molar-refractivity contribution is 5.64. The summed E-state index contributed by atoms with van der Waals surface area (Å²) in [7, 11) is 0. The normalized spacial score (nSPS) is 11.3. The van der Waals surface area contributed by atoms with Gasteiger partial charge in [0, 0.05) is 37.0 Å². The van der Waals surface area contributed by atoms with Crippen molar-refractivity contribution < 1.29 is 9.84 Å². The van der Waals surface area contributed by atoms with E-state index in [-0.39, 0.29) is 12.0 Å². The zero-order chi connectivity index (χ0) is 23.5. The largest absolute Gasteiger partial charge is 0.493 e. The fraction of sp³-hybridized carbons (Fsp3) is 0.179. The SMILES string of the molecule is CC(C)Oc1ccc(-c2cn3c(O)c(Cc4ccncc4)nc3c(Cc3ccccc3)n2)cc1. The maximum atomic E-state index is 11.1. The molecule has 3 heterocycles. The molecule has 0 aliphatic rings. The topological polar surface area (TPSA) is 72.5 Å². The maximum Gasteiger partial charge on any atom is 0.219 e. The first kappa shape index (κ1) is 21.6. The summed E-state index contributed by atoms with van der Waals surface area (Å²) in [6.07, 6.45) is 6.57. The molecule has 0 atom stereocenters. The molecule has 0 fully saturated rings. The number of aromatic nitrogens is 4. The first-order valence-corrected chi connectivity index (χ1v) is 11.4. The molecular weight excluding hydrogens is 424 g/mol. The van der Waals surface area contributed by atoms with Gasteiger partial charge in [0.2, 0.25) is 5.88 Å². The fourth-order valence-electron chi connectivity index (χ4n) is 3.98. The van der Waals surface area contributed by atoms with Gasteiger partial charge < -0.3 is 9.84 Å². The van der Waals surface area contributed by atoms with Crippen molar-refractivity contribution in [2.45, 2.75) is 32.8 Å². The summed E-state index contributed by atoms with van der Waals surface area (Å²) in [5.74, 6) is 0.944. The minimum absolute atomic E-state index is 0.111. The van der Waals surface area contributed by atoms with Crippen LogP contribution in [0.15, 0.2) is 85.3 Å². The van der Waals surface area contributed by atoms with Crippen LogP contribution in [0.2, 0.25) is 0 Å². The second-order valence-electron chi connectivity index (χ2n) is 8.53. The second-order valence-corrected chi connectivity index (χ2v) is 8.53. The lowest BCUT2D eigenvalue weighted by molar-refractivity contribution is 0.242. The highest BCUT2D eigenvalue weighted by Gasteiger charge is 2.18. The standard InChI is InChI=1S/C28H26N4O2/c1-19(2)34-23-10-8-22(9-11-23)26-18-32-27(24(30-26)16-20-6-4-3-5-7-20)31-25(28(32)33)17-21-12-14-29-15-13-21/h3-15,18-19,33H,16-17H2,1-2H3. The third-order valence-electron chi connectivity index (χ3n) is 5.58. The Hall–Kier alpha value is -4.19. The molecule has 0 aliphatic carbocycles. The molecular formula is C28H26N4O2. The Bertz CT molecular complexity index is 1400. The molecule has 2 aromatic carbocycles. The number of ether oxygens (including phenoxy) is 1. The van der Waals surface area contributed by atoms with E-state index in [4.69, 9.17) is 14.7 Å². The molecule has 0 radical (unpaired) electrons. The smallest absolute Gasteiger partial charge is 0.219 e. The lowest BCUT2D eigenvalue weighted by atomic mass is 10.1. The van der Waals surface area contributed by atoms with Crippen LogP contribution in [-0.4, -0.2) is 30.6 Å². The van der Waals surface area contributed by atoms with Crippen LogP contribution in [0.3, 0.4) is 0 Å². The van der Waals surface area contributed by atoms with Gasteiger partial charge in [-0.15, -0.1) is 0 Å². The number of aromatic hydroxyl groups is 1. The number of hydrogen-bond acceptors (Lipinski definition) is 5. The summed E-state index contributed by atoms with van der Waals surface area (Å²) in [5, 5.41) is 11.1. The summed E-state index contributed by atoms with van der Waals surface area (Å²) < 4.78 is 7.52. The minimum Gasteiger partial charge on any atom is -0.493 e. The molecule has 6 heteroatoms. The van der Waals surface area contributed by atoms with Crippen molar-refractivity contribution >= 4 is 5.65 Å². The molecule has 5 rings (SSSR count). The number of hydrogen-bond donors (Lipinski definition) is 1. The molecule has 0 spiro atoms. The molecule has 1 N–H and O–H groups in total. The number of rotatable bonds is 7. The van der Waals surface area contributed by atoms with Crippen molar-refractivity contribution in [1.29, 1.82) is 0 Å². The fourth-order valence-corrected chi connectivity index (χ4v) is 3.98. The van der Waals surface area contributed by atoms with Gasteiger partial charge >= 0.3 is 0 Å². The zero-order valence-corrected chi connectivity index (χ0v) is 19.2. The Morgan fingerprint density at radius 2 is 1.50 bits per heavy atom. The second kappa shape index (κ2) is 9.35. The van der Waals surface area contributed by atoms with E-state index in [9.17, 15) is 5.11 Å². The van der Waals surface area contributed by atoms with Crippen LogP contribution in [0.5, 0.6) is 11.6 Å². The Kier molecular flexibility index (Phi) is 5.95. The van der Waals surface area contributed by atoms with Gasteiger partial charge in [-0.25, -0.2) is 9.97 Å². The quantitative estimate of drug-likeness (QED) is 0.356. The lowest BCUT2D eigenvalue weighted by Crippen LogP contribution is -2.05. The van der Waals surface area contributed by atoms with Gasteiger partial charge in [0.1, 0.15) is 11.4 Å². The number of benzene rings is 2. The summed E-state index contributed by atoms with van der Waals surface area (Å²) in [6.45, 7) is 4.01. The molecule has 0 saturated heterocycles. The molecule has 0 saturated carbocycles. The van der Waals surface area contributed by atoms with Crippen LogP contribution < -0.4 is 4.74 Å². The molecule has 6 nitrogen and oxygen atoms in total. The number of pyridine rings is 1. The Labute approximate surface area is 198 Å². The molecule has 170 valence electrons. The van der Waals surface area contributed by atoms with E-state index in [0.717, 1.165) is 33.8 Å². The van der Waals surface area contributed by atoms with Crippen molar-refractivity contribution in [3.8, 4) is 22.9 Å². The minimum atomic E-state index is 0.111. The van der Waals surface area contributed by atoms with Gasteiger partial charge in [-0.05, 0) is 61.4 Å². The van der Waals surface area contributed by atoms with E-state index in [0.29, 0.717) is 24.2 Å². The van der Waals surface area contributed by atoms with Gasteiger partial charge in [0.05, 0.1) is 17.5 Å². The molecule has 0 bridgehead atoms. The van der Waals surface area contributed by atoms with Crippen LogP contribution >= 0.6 is 0 Å². The number of nitrogens with zero attached hydrogens (tertiary/aromatic N) is 4. The predicted molar refractivity (Wildman–Crippen MR) is 132 cm³/mol. The monoisotopic (exact) mass is 450 g/mol. The van der Waals surface area contributed by atoms with Gasteiger partial charge in [-0.1, -0.05) is 30.3 Å². The zero-order valence-electron chi connectivity index (χ0n) is 19.2. The molecule has 0 amide bonds. The van der Waals surface area contributed by atoms with Gasteiger partial charge in [0.15, 0.2) is 5.65 Å². The highest BCUT2D eigenvalue weighted by Crippen LogP contribution is 2.29. The van der Waals surface area contributed by atoms with Crippen LogP contribution in [0.4, 0.5) is 0 Å². The molecule has 0 aliphatic heterocycles. The summed E-state index contributed by atoms with van der Waals surface area (Å²) in [5.41, 5.74) is 5.95. The molecule has 5 aromatic rings. The van der Waals surface area contributed by atoms with Gasteiger partial charge in [-0.3, -0.25) is 9.38 Å². The van der Waals surface area contributed by atoms with Crippen LogP contribution in [0, 0.1) is 0 Å². The van der Waals surface area contributed by atoms with Gasteiger partial charge in [-0.2, -0.15) is 0 Å². The Morgan fingerprint density at radius 3 is 2.21 bits per heavy atom. The van der Waals surface area contributed by atoms with E-state index in [2.05, 4.69) is 17.1 Å². The van der Waals surface area contributed by atoms with E-state index in [1.165, 1.54) is 0 Å². The van der Waals surface area contributed by atoms with E-state index < -0.39 is 0 Å². The van der Waals surface area contributed by atoms with Gasteiger partial charge in [0.25, 0.3) is 0 Å². The average molecular weight is 451 g/mol. The lowest BCUT2D eigenvalue weighted by Gasteiger charge is -2.11. The number of imidazole rings is 1. The summed E-state index contributed by atoms with van der Waals surface area (Å²) in [4.78, 5) is 13.8. The van der Waals surface area contributed by atoms with Crippen LogP contribution in [-0.2, 0) is 12.8 Å². The summed E-state index contributed by atoms with van der Waals surface area (Å²) in [6, 6.07) is 21.9. The first-order chi connectivity index (χ1) is 16.6. The maximum absolute atomic E-state index is 11.1. The van der Waals surface area contributed by atoms with Crippen molar-refractivity contribution in [3.05, 3.63) is 108 Å². The highest BCUT2D eigenvalue weighted by atomic mass is 16.5. The van der Waals surface area contributed by atoms with E-state index in [1.807, 2.05) is 74.6 Å². The first-order valence-electron chi connectivity index (χ1n) is 11.4. The van der Waals surface area contributed by atoms with Crippen LogP contribution in [0.25, 0.3) is 16.9 Å². The van der Waals surface area contributed by atoms with Crippen molar-refractivity contribution in [2.75, 3.05) is 0 Å². The van der Waals surface area contributed by atoms with Crippen molar-refractivity contribution in [1.82, 2.24) is 19.4 Å². The van der Waals surface area contributed by atoms with E-state index >= 15 is 0 Å². The average Bonchev–Trinajstić information content (AvgIpc) is 3.16. The van der Waals surface area contributed by atoms with Crippen molar-refractivity contribution in [2.24, 2.45) is 0 Å². The molecule has 34 heavy (non-hydrogen) atoms. The third-order valence-corrected chi connectivity index (χ3v) is 5.58. The third kappa shape index (κ3) is 4.62. The molecule has 3 aromatic heterocycles. The summed E-state index contributed by atoms with van der Waals surface area (Å²) >= 11 is 0. The molecule has 0 unspecified atom stereocenters. The Balaban J connectivity index is 1.59. The van der Waals surface area contributed by atoms with Crippen LogP contribution in [0.1, 0.15) is 36.4 Å². The van der Waals surface area contributed by atoms with Crippen molar-refractivity contribution in [3.63, 3.8) is 0 Å². The predicted octanol–water partition coefficient (Wildman–Crippen LogP) is 5.47.